The van der Waals surface area contributed by atoms with Crippen molar-refractivity contribution in [2.24, 2.45) is 0 Å². The zero-order valence-corrected chi connectivity index (χ0v) is 19.1. The van der Waals surface area contributed by atoms with E-state index in [0.717, 1.165) is 0 Å². The van der Waals surface area contributed by atoms with Gasteiger partial charge in [0.05, 0.1) is 0 Å². The third-order valence-electron chi connectivity index (χ3n) is 5.03. The van der Waals surface area contributed by atoms with E-state index in [2.05, 4.69) is 0 Å². The van der Waals surface area contributed by atoms with Crippen LogP contribution in [0.2, 0.25) is 10.0 Å². The Balaban J connectivity index is 1.54. The van der Waals surface area contributed by atoms with E-state index < -0.39 is 12.2 Å². The predicted octanol–water partition coefficient (Wildman–Crippen LogP) is 4.29. The Hall–Kier alpha value is -2.44. The highest BCUT2D eigenvalue weighted by Crippen LogP contribution is 2.20. The van der Waals surface area contributed by atoms with Gasteiger partial charge in [-0.25, -0.2) is 0 Å². The first-order valence-electron chi connectivity index (χ1n) is 10.3. The number of halogens is 2. The molecule has 1 aliphatic heterocycles. The fourth-order valence-corrected chi connectivity index (χ4v) is 3.82. The molecule has 2 aromatic carbocycles. The number of hydrogen-bond donors (Lipinski definition) is 0. The number of carbonyl (C=O) groups is 2. The van der Waals surface area contributed by atoms with Gasteiger partial charge in [-0.05, 0) is 56.7 Å². The molecule has 1 heterocycles. The molecule has 6 nitrogen and oxygen atoms in total. The minimum atomic E-state index is -0.647. The zero-order valence-electron chi connectivity index (χ0n) is 17.6. The van der Waals surface area contributed by atoms with Gasteiger partial charge < -0.3 is 19.3 Å². The molecular formula is C23H26Cl2N2O4. The van der Waals surface area contributed by atoms with E-state index in [-0.39, 0.29) is 11.8 Å². The molecule has 3 rings (SSSR count). The second-order valence-electron chi connectivity index (χ2n) is 7.44. The maximum atomic E-state index is 12.9. The van der Waals surface area contributed by atoms with E-state index in [1.165, 1.54) is 0 Å². The summed E-state index contributed by atoms with van der Waals surface area (Å²) in [6.07, 6.45) is -0.609. The van der Waals surface area contributed by atoms with Gasteiger partial charge in [-0.15, -0.1) is 0 Å². The normalized spacial score (nSPS) is 16.3. The Kier molecular flexibility index (Phi) is 8.04. The molecule has 0 N–H and O–H groups in total. The Labute approximate surface area is 192 Å². The van der Waals surface area contributed by atoms with Gasteiger partial charge in [0.25, 0.3) is 11.8 Å². The molecule has 0 radical (unpaired) electrons. The predicted molar refractivity (Wildman–Crippen MR) is 121 cm³/mol. The summed E-state index contributed by atoms with van der Waals surface area (Å²) in [6.45, 7) is 5.45. The summed E-state index contributed by atoms with van der Waals surface area (Å²) in [4.78, 5) is 29.2. The number of benzene rings is 2. The van der Waals surface area contributed by atoms with Crippen molar-refractivity contribution >= 4 is 35.0 Å². The Bertz CT molecular complexity index is 850. The molecule has 2 unspecified atom stereocenters. The largest absolute Gasteiger partial charge is 0.481 e. The summed E-state index contributed by atoms with van der Waals surface area (Å²) < 4.78 is 11.5. The van der Waals surface area contributed by atoms with Crippen molar-refractivity contribution in [3.8, 4) is 11.5 Å². The fraction of sp³-hybridized carbons (Fsp3) is 0.391. The third-order valence-corrected chi connectivity index (χ3v) is 5.50. The SMILES string of the molecule is CC(Oc1cccc(Cl)c1)C(=O)N1CCCN(C(=O)C(C)Oc2cccc(Cl)c2)CC1. The Morgan fingerprint density at radius 1 is 0.774 bits per heavy atom. The molecule has 0 saturated carbocycles. The van der Waals surface area contributed by atoms with Crippen molar-refractivity contribution in [2.75, 3.05) is 26.2 Å². The second kappa shape index (κ2) is 10.7. The van der Waals surface area contributed by atoms with Crippen molar-refractivity contribution in [2.45, 2.75) is 32.5 Å². The van der Waals surface area contributed by atoms with Crippen LogP contribution in [0.1, 0.15) is 20.3 Å². The van der Waals surface area contributed by atoms with Crippen LogP contribution >= 0.6 is 23.2 Å². The van der Waals surface area contributed by atoms with E-state index >= 15 is 0 Å². The summed E-state index contributed by atoms with van der Waals surface area (Å²) >= 11 is 12.0. The van der Waals surface area contributed by atoms with Gasteiger partial charge in [-0.3, -0.25) is 9.59 Å². The van der Waals surface area contributed by atoms with Gasteiger partial charge in [0, 0.05) is 36.2 Å². The average Bonchev–Trinajstić information content (AvgIpc) is 2.99. The number of amides is 2. The zero-order chi connectivity index (χ0) is 22.4. The maximum Gasteiger partial charge on any atom is 0.263 e. The average molecular weight is 465 g/mol. The van der Waals surface area contributed by atoms with Crippen LogP contribution in [0.3, 0.4) is 0 Å². The monoisotopic (exact) mass is 464 g/mol. The first kappa shape index (κ1) is 23.2. The van der Waals surface area contributed by atoms with Crippen LogP contribution in [-0.2, 0) is 9.59 Å². The molecule has 31 heavy (non-hydrogen) atoms. The van der Waals surface area contributed by atoms with Crippen molar-refractivity contribution in [3.63, 3.8) is 0 Å². The van der Waals surface area contributed by atoms with Gasteiger partial charge >= 0.3 is 0 Å². The standard InChI is InChI=1S/C23H26Cl2N2O4/c1-16(30-20-8-3-6-18(24)14-20)22(28)26-10-5-11-27(13-12-26)23(29)17(2)31-21-9-4-7-19(25)15-21/h3-4,6-9,14-17H,5,10-13H2,1-2H3. The van der Waals surface area contributed by atoms with Gasteiger partial charge in [0.2, 0.25) is 0 Å². The van der Waals surface area contributed by atoms with E-state index in [0.29, 0.717) is 54.1 Å². The van der Waals surface area contributed by atoms with E-state index in [9.17, 15) is 9.59 Å². The number of nitrogens with zero attached hydrogens (tertiary/aromatic N) is 2. The molecule has 166 valence electrons. The highest BCUT2D eigenvalue weighted by Gasteiger charge is 2.28. The Morgan fingerprint density at radius 3 is 1.58 bits per heavy atom. The first-order valence-corrected chi connectivity index (χ1v) is 11.0. The molecule has 2 aromatic rings. The fourth-order valence-electron chi connectivity index (χ4n) is 3.46. The van der Waals surface area contributed by atoms with Crippen molar-refractivity contribution in [3.05, 3.63) is 58.6 Å². The minimum Gasteiger partial charge on any atom is -0.481 e. The van der Waals surface area contributed by atoms with Crippen LogP contribution in [0.4, 0.5) is 0 Å². The highest BCUT2D eigenvalue weighted by molar-refractivity contribution is 6.31. The van der Waals surface area contributed by atoms with E-state index in [4.69, 9.17) is 32.7 Å². The van der Waals surface area contributed by atoms with Crippen LogP contribution in [0, 0.1) is 0 Å². The Morgan fingerprint density at radius 2 is 1.19 bits per heavy atom. The van der Waals surface area contributed by atoms with Gasteiger partial charge in [0.1, 0.15) is 11.5 Å². The number of ether oxygens (including phenoxy) is 2. The second-order valence-corrected chi connectivity index (χ2v) is 8.31. The molecule has 2 atom stereocenters. The lowest BCUT2D eigenvalue weighted by Gasteiger charge is -2.26. The molecule has 1 saturated heterocycles. The van der Waals surface area contributed by atoms with Gasteiger partial charge in [0.15, 0.2) is 12.2 Å². The lowest BCUT2D eigenvalue weighted by molar-refractivity contribution is -0.140. The third kappa shape index (κ3) is 6.52. The van der Waals surface area contributed by atoms with Crippen molar-refractivity contribution < 1.29 is 19.1 Å². The first-order chi connectivity index (χ1) is 14.8. The molecule has 0 spiro atoms. The molecule has 2 amide bonds. The van der Waals surface area contributed by atoms with Crippen LogP contribution < -0.4 is 9.47 Å². The van der Waals surface area contributed by atoms with E-state index in [1.54, 1.807) is 72.2 Å². The molecular weight excluding hydrogens is 439 g/mol. The smallest absolute Gasteiger partial charge is 0.263 e. The number of rotatable bonds is 6. The minimum absolute atomic E-state index is 0.113. The van der Waals surface area contributed by atoms with Crippen LogP contribution in [0.5, 0.6) is 11.5 Å². The molecule has 0 aliphatic carbocycles. The van der Waals surface area contributed by atoms with Crippen molar-refractivity contribution in [1.29, 1.82) is 0 Å². The van der Waals surface area contributed by atoms with Crippen LogP contribution in [-0.4, -0.2) is 60.0 Å². The summed E-state index contributed by atoms with van der Waals surface area (Å²) in [5.41, 5.74) is 0. The molecule has 1 aliphatic rings. The molecule has 1 fully saturated rings. The quantitative estimate of drug-likeness (QED) is 0.639. The summed E-state index contributed by atoms with van der Waals surface area (Å²) in [6, 6.07) is 13.9. The van der Waals surface area contributed by atoms with E-state index in [1.807, 2.05) is 0 Å². The summed E-state index contributed by atoms with van der Waals surface area (Å²) in [5.74, 6) is 0.869. The topological polar surface area (TPSA) is 59.1 Å². The lowest BCUT2D eigenvalue weighted by atomic mass is 10.3. The molecule has 0 aromatic heterocycles. The van der Waals surface area contributed by atoms with Crippen molar-refractivity contribution in [1.82, 2.24) is 9.80 Å². The van der Waals surface area contributed by atoms with Crippen LogP contribution in [0.25, 0.3) is 0 Å². The molecule has 8 heteroatoms. The maximum absolute atomic E-state index is 12.9. The number of carbonyl (C=O) groups excluding carboxylic acids is 2. The highest BCUT2D eigenvalue weighted by atomic mass is 35.5. The summed E-state index contributed by atoms with van der Waals surface area (Å²) in [7, 11) is 0. The van der Waals surface area contributed by atoms with Gasteiger partial charge in [-0.2, -0.15) is 0 Å². The summed E-state index contributed by atoms with van der Waals surface area (Å²) in [5, 5.41) is 1.10. The molecule has 0 bridgehead atoms. The lowest BCUT2D eigenvalue weighted by Crippen LogP contribution is -2.45. The number of hydrogen-bond acceptors (Lipinski definition) is 4. The van der Waals surface area contributed by atoms with Crippen LogP contribution in [0.15, 0.2) is 48.5 Å². The van der Waals surface area contributed by atoms with Gasteiger partial charge in [-0.1, -0.05) is 35.3 Å².